The van der Waals surface area contributed by atoms with Crippen molar-refractivity contribution >= 4 is 17.9 Å². The van der Waals surface area contributed by atoms with Gasteiger partial charge in [-0.15, -0.1) is 0 Å². The lowest BCUT2D eigenvalue weighted by molar-refractivity contribution is -0.870. The molecule has 0 radical (unpaired) electrons. The summed E-state index contributed by atoms with van der Waals surface area (Å²) in [5.41, 5.74) is 0. The zero-order chi connectivity index (χ0) is 46.3. The first-order valence-electron chi connectivity index (χ1n) is 25.5. The smallest absolute Gasteiger partial charge is 0.361 e. The Morgan fingerprint density at radius 3 is 1.33 bits per heavy atom. The van der Waals surface area contributed by atoms with E-state index in [2.05, 4.69) is 74.6 Å². The van der Waals surface area contributed by atoms with Gasteiger partial charge in [0.1, 0.15) is 13.2 Å². The topological polar surface area (TPSA) is 108 Å². The van der Waals surface area contributed by atoms with Crippen LogP contribution in [0.4, 0.5) is 0 Å². The van der Waals surface area contributed by atoms with Gasteiger partial charge in [0, 0.05) is 12.8 Å². The van der Waals surface area contributed by atoms with E-state index in [0.717, 1.165) is 83.5 Å². The molecule has 0 rings (SSSR count). The number of aliphatic carboxylic acids is 1. The monoisotopic (exact) mass is 887 g/mol. The Morgan fingerprint density at radius 1 is 0.476 bits per heavy atom. The van der Waals surface area contributed by atoms with E-state index in [1.165, 1.54) is 89.9 Å². The fraction of sp³-hybridized carbons (Fsp3) is 0.759. The summed E-state index contributed by atoms with van der Waals surface area (Å²) in [6.07, 6.45) is 52.9. The highest BCUT2D eigenvalue weighted by Crippen LogP contribution is 2.14. The molecule has 0 aromatic carbocycles. The minimum Gasteiger partial charge on any atom is -0.477 e. The summed E-state index contributed by atoms with van der Waals surface area (Å²) in [5.74, 6) is -2.03. The van der Waals surface area contributed by atoms with Gasteiger partial charge < -0.3 is 28.5 Å². The number of rotatable bonds is 46. The molecule has 2 unspecified atom stereocenters. The van der Waals surface area contributed by atoms with E-state index < -0.39 is 24.3 Å². The van der Waals surface area contributed by atoms with Crippen molar-refractivity contribution in [1.29, 1.82) is 0 Å². The summed E-state index contributed by atoms with van der Waals surface area (Å²) in [7, 11) is 5.95. The number of quaternary nitrogens is 1. The average molecular weight is 887 g/mol. The highest BCUT2D eigenvalue weighted by Gasteiger charge is 2.25. The molecule has 364 valence electrons. The molecule has 63 heavy (non-hydrogen) atoms. The molecule has 0 amide bonds. The summed E-state index contributed by atoms with van der Waals surface area (Å²) in [6.45, 7) is 4.77. The SMILES string of the molecule is CCC/C=C\C/C=C\CCCCCCCC(=O)OCC(COC(OCC[N+](C)(C)C)C(=O)O)OC(=O)CCCCCCCCCCCC/C=C\C/C=C\C/C=C\CCCCCCC. The van der Waals surface area contributed by atoms with Crippen molar-refractivity contribution in [3.8, 4) is 0 Å². The normalized spacial score (nSPS) is 13.3. The van der Waals surface area contributed by atoms with Gasteiger partial charge in [-0.25, -0.2) is 4.79 Å². The zero-order valence-corrected chi connectivity index (χ0v) is 41.2. The van der Waals surface area contributed by atoms with Crippen LogP contribution in [0, 0.1) is 0 Å². The molecule has 0 aliphatic heterocycles. The molecule has 0 fully saturated rings. The molecule has 1 N–H and O–H groups in total. The van der Waals surface area contributed by atoms with Gasteiger partial charge >= 0.3 is 17.9 Å². The molecule has 0 bridgehead atoms. The quantitative estimate of drug-likeness (QED) is 0.0212. The lowest BCUT2D eigenvalue weighted by atomic mass is 10.0. The van der Waals surface area contributed by atoms with Gasteiger partial charge in [-0.3, -0.25) is 9.59 Å². The van der Waals surface area contributed by atoms with Crippen LogP contribution in [0.5, 0.6) is 0 Å². The standard InChI is InChI=1S/C54H95NO8/c1-6-8-10-12-14-16-18-20-21-22-23-24-25-26-27-28-29-30-31-33-35-37-39-41-43-45-52(57)63-50(49-62-54(53(58)59)60-47-46-55(3,4)5)48-61-51(56)44-42-40-38-36-34-32-19-17-15-13-11-9-7-2/h11,13,17-20,22-23,25-26,50,54H,6-10,12,14-16,21,24,27-49H2,1-5H3/p+1/b13-11-,19-17-,20-18-,23-22-,26-25-. The van der Waals surface area contributed by atoms with Gasteiger partial charge in [-0.1, -0.05) is 177 Å². The van der Waals surface area contributed by atoms with Gasteiger partial charge in [0.2, 0.25) is 0 Å². The first-order chi connectivity index (χ1) is 30.6. The number of ether oxygens (including phenoxy) is 4. The third kappa shape index (κ3) is 46.8. The minimum absolute atomic E-state index is 0.182. The van der Waals surface area contributed by atoms with E-state index in [0.29, 0.717) is 17.4 Å². The fourth-order valence-corrected chi connectivity index (χ4v) is 6.76. The van der Waals surface area contributed by atoms with Crippen LogP contribution in [0.25, 0.3) is 0 Å². The van der Waals surface area contributed by atoms with Gasteiger partial charge in [0.05, 0.1) is 34.4 Å². The zero-order valence-electron chi connectivity index (χ0n) is 41.2. The van der Waals surface area contributed by atoms with Crippen molar-refractivity contribution in [2.45, 2.75) is 219 Å². The maximum Gasteiger partial charge on any atom is 0.361 e. The lowest BCUT2D eigenvalue weighted by Gasteiger charge is -2.25. The number of carbonyl (C=O) groups excluding carboxylic acids is 2. The van der Waals surface area contributed by atoms with Crippen LogP contribution >= 0.6 is 0 Å². The summed E-state index contributed by atoms with van der Waals surface area (Å²) < 4.78 is 22.8. The molecule has 0 saturated heterocycles. The van der Waals surface area contributed by atoms with E-state index in [1.807, 2.05) is 21.1 Å². The number of carbonyl (C=O) groups is 3. The molecule has 9 nitrogen and oxygen atoms in total. The minimum atomic E-state index is -1.52. The highest BCUT2D eigenvalue weighted by molar-refractivity contribution is 5.71. The van der Waals surface area contributed by atoms with E-state index in [-0.39, 0.29) is 38.6 Å². The van der Waals surface area contributed by atoms with E-state index in [9.17, 15) is 19.5 Å². The number of carboxylic acids is 1. The average Bonchev–Trinajstić information content (AvgIpc) is 3.24. The number of carboxylic acid groups (broad SMARTS) is 1. The first kappa shape index (κ1) is 60.0. The second-order valence-corrected chi connectivity index (χ2v) is 18.1. The Labute approximate surface area is 386 Å². The fourth-order valence-electron chi connectivity index (χ4n) is 6.76. The van der Waals surface area contributed by atoms with E-state index >= 15 is 0 Å². The number of hydrogen-bond donors (Lipinski definition) is 1. The summed E-state index contributed by atoms with van der Waals surface area (Å²) in [5, 5.41) is 9.66. The van der Waals surface area contributed by atoms with Gasteiger partial charge in [-0.05, 0) is 77.0 Å². The van der Waals surface area contributed by atoms with Crippen LogP contribution in [-0.2, 0) is 33.3 Å². The predicted molar refractivity (Wildman–Crippen MR) is 263 cm³/mol. The molecule has 0 aromatic heterocycles. The molecule has 0 aliphatic rings. The lowest BCUT2D eigenvalue weighted by Crippen LogP contribution is -2.40. The molecule has 0 heterocycles. The van der Waals surface area contributed by atoms with Crippen LogP contribution in [0.2, 0.25) is 0 Å². The first-order valence-corrected chi connectivity index (χ1v) is 25.5. The summed E-state index contributed by atoms with van der Waals surface area (Å²) >= 11 is 0. The van der Waals surface area contributed by atoms with Crippen LogP contribution in [0.1, 0.15) is 206 Å². The van der Waals surface area contributed by atoms with Gasteiger partial charge in [0.15, 0.2) is 6.10 Å². The molecule has 0 saturated carbocycles. The van der Waals surface area contributed by atoms with Crippen LogP contribution in [-0.4, -0.2) is 87.4 Å². The number of likely N-dealkylation sites (N-methyl/N-ethyl adjacent to an activating group) is 1. The summed E-state index contributed by atoms with van der Waals surface area (Å²) in [4.78, 5) is 37.2. The van der Waals surface area contributed by atoms with Crippen molar-refractivity contribution in [3.63, 3.8) is 0 Å². The van der Waals surface area contributed by atoms with E-state index in [1.54, 1.807) is 0 Å². The molecule has 9 heteroatoms. The number of unbranched alkanes of at least 4 members (excludes halogenated alkanes) is 21. The number of hydrogen-bond acceptors (Lipinski definition) is 7. The van der Waals surface area contributed by atoms with E-state index in [4.69, 9.17) is 18.9 Å². The maximum atomic E-state index is 12.8. The van der Waals surface area contributed by atoms with Crippen molar-refractivity contribution in [2.75, 3.05) is 47.5 Å². The Kier molecular flexibility index (Phi) is 43.4. The van der Waals surface area contributed by atoms with Gasteiger partial charge in [0.25, 0.3) is 6.29 Å². The second-order valence-electron chi connectivity index (χ2n) is 18.1. The molecular weight excluding hydrogens is 791 g/mol. The number of allylic oxidation sites excluding steroid dienone is 10. The Hall–Kier alpha value is -3.01. The predicted octanol–water partition coefficient (Wildman–Crippen LogP) is 14.1. The Morgan fingerprint density at radius 2 is 0.889 bits per heavy atom. The second kappa shape index (κ2) is 45.6. The third-order valence-electron chi connectivity index (χ3n) is 10.7. The Bertz CT molecular complexity index is 1220. The number of nitrogens with zero attached hydrogens (tertiary/aromatic N) is 1. The molecule has 0 spiro atoms. The highest BCUT2D eigenvalue weighted by atomic mass is 16.7. The molecule has 0 aromatic rings. The maximum absolute atomic E-state index is 12.8. The summed E-state index contributed by atoms with van der Waals surface area (Å²) in [6, 6.07) is 0. The molecular formula is C54H96NO8+. The largest absolute Gasteiger partial charge is 0.477 e. The van der Waals surface area contributed by atoms with Crippen LogP contribution < -0.4 is 0 Å². The van der Waals surface area contributed by atoms with Crippen LogP contribution in [0.15, 0.2) is 60.8 Å². The van der Waals surface area contributed by atoms with Crippen molar-refractivity contribution in [2.24, 2.45) is 0 Å². The van der Waals surface area contributed by atoms with Crippen molar-refractivity contribution < 1.29 is 42.9 Å². The number of esters is 2. The van der Waals surface area contributed by atoms with Crippen molar-refractivity contribution in [1.82, 2.24) is 0 Å². The molecule has 0 aliphatic carbocycles. The Balaban J connectivity index is 4.31. The van der Waals surface area contributed by atoms with Crippen LogP contribution in [0.3, 0.4) is 0 Å². The molecule has 2 atom stereocenters. The third-order valence-corrected chi connectivity index (χ3v) is 10.7. The van der Waals surface area contributed by atoms with Crippen molar-refractivity contribution in [3.05, 3.63) is 60.8 Å². The van der Waals surface area contributed by atoms with Gasteiger partial charge in [-0.2, -0.15) is 0 Å².